The first-order chi connectivity index (χ1) is 18.5. The fourth-order valence-corrected chi connectivity index (χ4v) is 6.16. The fraction of sp³-hybridized carbons (Fsp3) is 0.281. The van der Waals surface area contributed by atoms with Gasteiger partial charge in [-0.2, -0.15) is 0 Å². The Morgan fingerprint density at radius 2 is 1.45 bits per heavy atom. The highest BCUT2D eigenvalue weighted by molar-refractivity contribution is 6.22. The first-order valence-electron chi connectivity index (χ1n) is 13.1. The van der Waals surface area contributed by atoms with Gasteiger partial charge in [-0.15, -0.1) is 0 Å². The zero-order valence-electron chi connectivity index (χ0n) is 21.2. The van der Waals surface area contributed by atoms with Crippen molar-refractivity contribution in [1.29, 1.82) is 0 Å². The van der Waals surface area contributed by atoms with E-state index in [9.17, 15) is 14.4 Å². The van der Waals surface area contributed by atoms with Crippen LogP contribution in [-0.4, -0.2) is 24.4 Å². The molecule has 38 heavy (non-hydrogen) atoms. The molecular formula is C32H29NO5. The van der Waals surface area contributed by atoms with Crippen molar-refractivity contribution in [2.24, 2.45) is 23.7 Å². The molecule has 1 heterocycles. The lowest BCUT2D eigenvalue weighted by Gasteiger charge is -2.18. The summed E-state index contributed by atoms with van der Waals surface area (Å²) in [5, 5.41) is 0. The Morgan fingerprint density at radius 3 is 2.05 bits per heavy atom. The van der Waals surface area contributed by atoms with Crippen LogP contribution in [0.4, 0.5) is 5.69 Å². The van der Waals surface area contributed by atoms with Crippen molar-refractivity contribution in [3.05, 3.63) is 108 Å². The predicted octanol–water partition coefficient (Wildman–Crippen LogP) is 5.27. The van der Waals surface area contributed by atoms with Gasteiger partial charge in [0.15, 0.2) is 0 Å². The molecule has 6 heteroatoms. The highest BCUT2D eigenvalue weighted by Gasteiger charge is 2.59. The number of hydrogen-bond donors (Lipinski definition) is 0. The lowest BCUT2D eigenvalue weighted by molar-refractivity contribution is -0.143. The number of imide groups is 1. The standard InChI is InChI=1S/C32H29NO5/c1-2-37-32(36)27(21-6-4-3-5-7-21)22-10-8-20(9-11-22)19-38-26-16-14-25(15-17-26)33-30(34)28-23-12-13-24(18-23)29(28)31(33)35/h3-17,23-24,27-29H,2,18-19H2,1H3/t23-,24+,27-,28-,29+/m1/s1. The number of fused-ring (bicyclic) bond motifs is 5. The van der Waals surface area contributed by atoms with E-state index in [1.165, 1.54) is 4.90 Å². The van der Waals surface area contributed by atoms with Gasteiger partial charge in [0.2, 0.25) is 11.8 Å². The molecule has 1 saturated carbocycles. The molecule has 0 N–H and O–H groups in total. The second-order valence-electron chi connectivity index (χ2n) is 10.1. The molecule has 192 valence electrons. The number of nitrogens with zero attached hydrogens (tertiary/aromatic N) is 1. The van der Waals surface area contributed by atoms with Crippen LogP contribution in [0.2, 0.25) is 0 Å². The maximum absolute atomic E-state index is 13.0. The van der Waals surface area contributed by atoms with Crippen molar-refractivity contribution in [3.63, 3.8) is 0 Å². The van der Waals surface area contributed by atoms with E-state index in [1.54, 1.807) is 31.2 Å². The molecule has 0 unspecified atom stereocenters. The number of carbonyl (C=O) groups is 3. The van der Waals surface area contributed by atoms with Gasteiger partial charge in [-0.25, -0.2) is 0 Å². The largest absolute Gasteiger partial charge is 0.489 e. The van der Waals surface area contributed by atoms with E-state index in [-0.39, 0.29) is 41.5 Å². The summed E-state index contributed by atoms with van der Waals surface area (Å²) in [5.74, 6) is -0.299. The Kier molecular flexibility index (Phi) is 6.32. The average Bonchev–Trinajstić information content (AvgIpc) is 3.63. The van der Waals surface area contributed by atoms with E-state index in [4.69, 9.17) is 9.47 Å². The second-order valence-corrected chi connectivity index (χ2v) is 10.1. The third kappa shape index (κ3) is 4.20. The van der Waals surface area contributed by atoms with Crippen LogP contribution in [0, 0.1) is 23.7 Å². The van der Waals surface area contributed by atoms with Crippen molar-refractivity contribution in [2.75, 3.05) is 11.5 Å². The maximum atomic E-state index is 13.0. The van der Waals surface area contributed by atoms with Gasteiger partial charge in [-0.05, 0) is 66.1 Å². The molecule has 6 rings (SSSR count). The zero-order chi connectivity index (χ0) is 26.2. The lowest BCUT2D eigenvalue weighted by Crippen LogP contribution is -2.32. The van der Waals surface area contributed by atoms with Crippen LogP contribution in [0.5, 0.6) is 5.75 Å². The van der Waals surface area contributed by atoms with E-state index in [1.807, 2.05) is 54.6 Å². The molecule has 2 bridgehead atoms. The molecule has 2 aliphatic carbocycles. The highest BCUT2D eigenvalue weighted by atomic mass is 16.5. The summed E-state index contributed by atoms with van der Waals surface area (Å²) in [4.78, 5) is 40.1. The zero-order valence-corrected chi connectivity index (χ0v) is 21.2. The first-order valence-corrected chi connectivity index (χ1v) is 13.1. The Bertz CT molecular complexity index is 1350. The predicted molar refractivity (Wildman–Crippen MR) is 142 cm³/mol. The monoisotopic (exact) mass is 507 g/mol. The molecule has 2 amide bonds. The SMILES string of the molecule is CCOC(=O)[C@H](c1ccccc1)c1ccc(COc2ccc(N3C(=O)[C@@H]4[C@H](C3=O)[C@@H]3C=C[C@H]4C3)cc2)cc1. The van der Waals surface area contributed by atoms with Gasteiger partial charge < -0.3 is 9.47 Å². The van der Waals surface area contributed by atoms with Crippen LogP contribution in [0.25, 0.3) is 0 Å². The summed E-state index contributed by atoms with van der Waals surface area (Å²) in [5.41, 5.74) is 3.29. The summed E-state index contributed by atoms with van der Waals surface area (Å²) >= 11 is 0. The number of carbonyl (C=O) groups excluding carboxylic acids is 3. The number of allylic oxidation sites excluding steroid dienone is 2. The summed E-state index contributed by atoms with van der Waals surface area (Å²) in [6.45, 7) is 2.47. The lowest BCUT2D eigenvalue weighted by atomic mass is 9.85. The first kappa shape index (κ1) is 24.2. The topological polar surface area (TPSA) is 72.9 Å². The second kappa shape index (κ2) is 9.93. The van der Waals surface area contributed by atoms with Crippen LogP contribution < -0.4 is 9.64 Å². The highest BCUT2D eigenvalue weighted by Crippen LogP contribution is 2.53. The van der Waals surface area contributed by atoms with Crippen molar-refractivity contribution < 1.29 is 23.9 Å². The van der Waals surface area contributed by atoms with Gasteiger partial charge in [0, 0.05) is 0 Å². The van der Waals surface area contributed by atoms with Crippen molar-refractivity contribution in [3.8, 4) is 5.75 Å². The molecule has 1 saturated heterocycles. The molecule has 3 aliphatic rings. The summed E-state index contributed by atoms with van der Waals surface area (Å²) in [6, 6.07) is 24.5. The van der Waals surface area contributed by atoms with Crippen molar-refractivity contribution in [2.45, 2.75) is 25.9 Å². The Hall–Kier alpha value is -4.19. The summed E-state index contributed by atoms with van der Waals surface area (Å²) in [7, 11) is 0. The van der Waals surface area contributed by atoms with E-state index >= 15 is 0 Å². The van der Waals surface area contributed by atoms with Gasteiger partial charge in [0.05, 0.1) is 24.1 Å². The number of amides is 2. The molecule has 5 atom stereocenters. The summed E-state index contributed by atoms with van der Waals surface area (Å²) in [6.07, 6.45) is 5.12. The molecule has 2 fully saturated rings. The molecule has 6 nitrogen and oxygen atoms in total. The van der Waals surface area contributed by atoms with E-state index in [0.29, 0.717) is 24.7 Å². The Morgan fingerprint density at radius 1 is 0.842 bits per heavy atom. The number of rotatable bonds is 8. The van der Waals surface area contributed by atoms with Crippen LogP contribution >= 0.6 is 0 Å². The Balaban J connectivity index is 1.11. The maximum Gasteiger partial charge on any atom is 0.317 e. The fourth-order valence-electron chi connectivity index (χ4n) is 6.16. The number of hydrogen-bond acceptors (Lipinski definition) is 5. The van der Waals surface area contributed by atoms with Crippen LogP contribution in [-0.2, 0) is 25.7 Å². The van der Waals surface area contributed by atoms with Gasteiger partial charge in [-0.3, -0.25) is 19.3 Å². The van der Waals surface area contributed by atoms with Crippen LogP contribution in [0.15, 0.2) is 91.0 Å². The van der Waals surface area contributed by atoms with Gasteiger partial charge in [0.25, 0.3) is 0 Å². The van der Waals surface area contributed by atoms with Crippen LogP contribution in [0.3, 0.4) is 0 Å². The molecule has 0 spiro atoms. The smallest absolute Gasteiger partial charge is 0.317 e. The molecule has 1 aliphatic heterocycles. The number of esters is 1. The molecular weight excluding hydrogens is 478 g/mol. The van der Waals surface area contributed by atoms with Crippen LogP contribution in [0.1, 0.15) is 36.0 Å². The van der Waals surface area contributed by atoms with Gasteiger partial charge in [0.1, 0.15) is 18.3 Å². The van der Waals surface area contributed by atoms with Crippen molar-refractivity contribution >= 4 is 23.5 Å². The molecule has 0 radical (unpaired) electrons. The third-order valence-electron chi connectivity index (χ3n) is 7.94. The number of anilines is 1. The van der Waals surface area contributed by atoms with E-state index < -0.39 is 5.92 Å². The molecule has 3 aromatic carbocycles. The number of benzene rings is 3. The van der Waals surface area contributed by atoms with Crippen molar-refractivity contribution in [1.82, 2.24) is 0 Å². The molecule has 0 aromatic heterocycles. The minimum atomic E-state index is -0.486. The summed E-state index contributed by atoms with van der Waals surface area (Å²) < 4.78 is 11.3. The van der Waals surface area contributed by atoms with Gasteiger partial charge >= 0.3 is 5.97 Å². The minimum Gasteiger partial charge on any atom is -0.489 e. The van der Waals surface area contributed by atoms with Gasteiger partial charge in [-0.1, -0.05) is 66.7 Å². The normalized spacial score (nSPS) is 24.0. The van der Waals surface area contributed by atoms with E-state index in [0.717, 1.165) is 23.1 Å². The average molecular weight is 508 g/mol. The third-order valence-corrected chi connectivity index (χ3v) is 7.94. The Labute approximate surface area is 221 Å². The van der Waals surface area contributed by atoms with E-state index in [2.05, 4.69) is 12.2 Å². The minimum absolute atomic E-state index is 0.0813. The molecule has 3 aromatic rings. The quantitative estimate of drug-likeness (QED) is 0.236. The number of ether oxygens (including phenoxy) is 2.